The molecule has 1 rings (SSSR count). The molecule has 0 aliphatic rings. The Morgan fingerprint density at radius 2 is 1.90 bits per heavy atom. The number of hydrogen-bond donors (Lipinski definition) is 4. The molecule has 21 heavy (non-hydrogen) atoms. The van der Waals surface area contributed by atoms with E-state index in [2.05, 4.69) is 24.5 Å². The van der Waals surface area contributed by atoms with Gasteiger partial charge in [0, 0.05) is 18.2 Å². The number of carbonyl (C=O) groups excluding carboxylic acids is 1. The average Bonchev–Trinajstić information content (AvgIpc) is 2.45. The first-order chi connectivity index (χ1) is 10.0. The van der Waals surface area contributed by atoms with Crippen molar-refractivity contribution in [3.8, 4) is 0 Å². The van der Waals surface area contributed by atoms with E-state index in [4.69, 9.17) is 10.0 Å². The maximum atomic E-state index is 11.9. The lowest BCUT2D eigenvalue weighted by Crippen LogP contribution is -2.32. The van der Waals surface area contributed by atoms with E-state index in [-0.39, 0.29) is 5.91 Å². The summed E-state index contributed by atoms with van der Waals surface area (Å²) in [4.78, 5) is 11.9. The summed E-state index contributed by atoms with van der Waals surface area (Å²) in [6, 6.07) is 6.88. The zero-order valence-electron chi connectivity index (χ0n) is 12.8. The maximum absolute atomic E-state index is 11.9. The molecule has 0 aromatic heterocycles. The molecule has 0 saturated heterocycles. The molecule has 5 nitrogen and oxygen atoms in total. The van der Waals surface area contributed by atoms with E-state index in [1.807, 2.05) is 0 Å². The normalized spacial score (nSPS) is 10.7. The van der Waals surface area contributed by atoms with Gasteiger partial charge >= 0.3 is 7.12 Å². The Kier molecular flexibility index (Phi) is 8.04. The van der Waals surface area contributed by atoms with E-state index in [1.165, 1.54) is 6.07 Å². The van der Waals surface area contributed by atoms with E-state index in [0.29, 0.717) is 23.6 Å². The minimum absolute atomic E-state index is 0.183. The van der Waals surface area contributed by atoms with Crippen LogP contribution in [0.2, 0.25) is 0 Å². The second-order valence-electron chi connectivity index (χ2n) is 5.42. The molecule has 0 fully saturated rings. The Labute approximate surface area is 126 Å². The molecule has 4 N–H and O–H groups in total. The fourth-order valence-electron chi connectivity index (χ4n) is 1.96. The van der Waals surface area contributed by atoms with Gasteiger partial charge in [0.1, 0.15) is 0 Å². The van der Waals surface area contributed by atoms with Crippen LogP contribution in [0.5, 0.6) is 0 Å². The summed E-state index contributed by atoms with van der Waals surface area (Å²) < 4.78 is 0. The van der Waals surface area contributed by atoms with Gasteiger partial charge in [-0.1, -0.05) is 32.4 Å². The number of rotatable bonds is 9. The van der Waals surface area contributed by atoms with Gasteiger partial charge in [-0.05, 0) is 37.0 Å². The van der Waals surface area contributed by atoms with Crippen LogP contribution in [-0.4, -0.2) is 42.2 Å². The number of benzene rings is 1. The Bertz CT molecular complexity index is 439. The highest BCUT2D eigenvalue weighted by atomic mass is 16.4. The monoisotopic (exact) mass is 292 g/mol. The Balaban J connectivity index is 2.23. The molecule has 1 aromatic carbocycles. The van der Waals surface area contributed by atoms with E-state index in [0.717, 1.165) is 25.8 Å². The van der Waals surface area contributed by atoms with Crippen molar-refractivity contribution < 1.29 is 14.8 Å². The molecule has 1 amide bonds. The van der Waals surface area contributed by atoms with Crippen LogP contribution in [0, 0.1) is 0 Å². The molecule has 0 heterocycles. The molecule has 0 aliphatic carbocycles. The minimum Gasteiger partial charge on any atom is -0.423 e. The summed E-state index contributed by atoms with van der Waals surface area (Å²) in [7, 11) is -1.55. The molecule has 116 valence electrons. The summed E-state index contributed by atoms with van der Waals surface area (Å²) in [6.45, 7) is 5.88. The summed E-state index contributed by atoms with van der Waals surface area (Å²) in [6.07, 6.45) is 3.10. The molecule has 0 atom stereocenters. The lowest BCUT2D eigenvalue weighted by molar-refractivity contribution is 0.0953. The van der Waals surface area contributed by atoms with Gasteiger partial charge in [0.05, 0.1) is 0 Å². The van der Waals surface area contributed by atoms with Crippen molar-refractivity contribution >= 4 is 18.5 Å². The first-order valence-corrected chi connectivity index (χ1v) is 7.48. The minimum atomic E-state index is -1.55. The molecule has 6 heteroatoms. The maximum Gasteiger partial charge on any atom is 0.488 e. The van der Waals surface area contributed by atoms with Crippen molar-refractivity contribution in [2.45, 2.75) is 39.2 Å². The van der Waals surface area contributed by atoms with Crippen LogP contribution >= 0.6 is 0 Å². The Morgan fingerprint density at radius 3 is 2.57 bits per heavy atom. The number of nitrogens with one attached hydrogen (secondary N) is 2. The fraction of sp³-hybridized carbons (Fsp3) is 0.533. The van der Waals surface area contributed by atoms with Crippen molar-refractivity contribution in [3.63, 3.8) is 0 Å². The Morgan fingerprint density at radius 1 is 1.19 bits per heavy atom. The lowest BCUT2D eigenvalue weighted by atomic mass is 9.79. The van der Waals surface area contributed by atoms with Gasteiger partial charge in [-0.2, -0.15) is 0 Å². The third-order valence-corrected chi connectivity index (χ3v) is 3.14. The SMILES string of the molecule is CC(C)NCCCCCNC(=O)c1cccc(B(O)O)c1. The molecule has 0 bridgehead atoms. The average molecular weight is 292 g/mol. The van der Waals surface area contributed by atoms with Gasteiger partial charge < -0.3 is 20.7 Å². The summed E-state index contributed by atoms with van der Waals surface area (Å²) >= 11 is 0. The van der Waals surface area contributed by atoms with Crippen LogP contribution in [-0.2, 0) is 0 Å². The van der Waals surface area contributed by atoms with Gasteiger partial charge in [0.2, 0.25) is 0 Å². The zero-order chi connectivity index (χ0) is 15.7. The van der Waals surface area contributed by atoms with Crippen molar-refractivity contribution in [1.29, 1.82) is 0 Å². The van der Waals surface area contributed by atoms with Crippen molar-refractivity contribution in [2.24, 2.45) is 0 Å². The number of unbranched alkanes of at least 4 members (excludes halogenated alkanes) is 2. The summed E-state index contributed by atoms with van der Waals surface area (Å²) in [5.74, 6) is -0.183. The van der Waals surface area contributed by atoms with Crippen molar-refractivity contribution in [2.75, 3.05) is 13.1 Å². The topological polar surface area (TPSA) is 81.6 Å². The van der Waals surface area contributed by atoms with Crippen LogP contribution in [0.3, 0.4) is 0 Å². The second-order valence-corrected chi connectivity index (χ2v) is 5.42. The van der Waals surface area contributed by atoms with Crippen LogP contribution in [0.25, 0.3) is 0 Å². The van der Waals surface area contributed by atoms with Gasteiger partial charge in [0.25, 0.3) is 5.91 Å². The predicted molar refractivity (Wildman–Crippen MR) is 85.6 cm³/mol. The van der Waals surface area contributed by atoms with Gasteiger partial charge in [-0.3, -0.25) is 4.79 Å². The van der Waals surface area contributed by atoms with Crippen LogP contribution in [0.1, 0.15) is 43.5 Å². The lowest BCUT2D eigenvalue weighted by Gasteiger charge is -2.08. The largest absolute Gasteiger partial charge is 0.488 e. The zero-order valence-corrected chi connectivity index (χ0v) is 12.8. The van der Waals surface area contributed by atoms with Crippen LogP contribution < -0.4 is 16.1 Å². The van der Waals surface area contributed by atoms with Crippen molar-refractivity contribution in [1.82, 2.24) is 10.6 Å². The molecule has 0 unspecified atom stereocenters. The van der Waals surface area contributed by atoms with E-state index in [1.54, 1.807) is 18.2 Å². The third-order valence-electron chi connectivity index (χ3n) is 3.14. The molecule has 0 radical (unpaired) electrons. The van der Waals surface area contributed by atoms with Gasteiger partial charge in [0.15, 0.2) is 0 Å². The third kappa shape index (κ3) is 7.27. The van der Waals surface area contributed by atoms with Gasteiger partial charge in [-0.25, -0.2) is 0 Å². The number of carbonyl (C=O) groups is 1. The van der Waals surface area contributed by atoms with Crippen LogP contribution in [0.4, 0.5) is 0 Å². The molecule has 0 saturated carbocycles. The summed E-state index contributed by atoms with van der Waals surface area (Å²) in [5, 5.41) is 24.4. The van der Waals surface area contributed by atoms with E-state index in [9.17, 15) is 4.79 Å². The van der Waals surface area contributed by atoms with Gasteiger partial charge in [-0.15, -0.1) is 0 Å². The molecule has 0 aliphatic heterocycles. The number of amides is 1. The fourth-order valence-corrected chi connectivity index (χ4v) is 1.96. The highest BCUT2D eigenvalue weighted by Crippen LogP contribution is 1.99. The summed E-state index contributed by atoms with van der Waals surface area (Å²) in [5.41, 5.74) is 0.768. The van der Waals surface area contributed by atoms with E-state index >= 15 is 0 Å². The predicted octanol–water partition coefficient (Wildman–Crippen LogP) is 0.265. The first-order valence-electron chi connectivity index (χ1n) is 7.48. The molecular formula is C15H25BN2O3. The smallest absolute Gasteiger partial charge is 0.423 e. The highest BCUT2D eigenvalue weighted by molar-refractivity contribution is 6.58. The Hall–Kier alpha value is -1.37. The standard InChI is InChI=1S/C15H25BN2O3/c1-12(2)17-9-4-3-5-10-18-15(19)13-7-6-8-14(11-13)16(20)21/h6-8,11-12,17,20-21H,3-5,9-10H2,1-2H3,(H,18,19). The molecular weight excluding hydrogens is 267 g/mol. The molecule has 1 aromatic rings. The van der Waals surface area contributed by atoms with E-state index < -0.39 is 7.12 Å². The number of hydrogen-bond acceptors (Lipinski definition) is 4. The molecule has 0 spiro atoms. The van der Waals surface area contributed by atoms with Crippen LogP contribution in [0.15, 0.2) is 24.3 Å². The second kappa shape index (κ2) is 9.55. The highest BCUT2D eigenvalue weighted by Gasteiger charge is 2.13. The van der Waals surface area contributed by atoms with Crippen molar-refractivity contribution in [3.05, 3.63) is 29.8 Å². The quantitative estimate of drug-likeness (QED) is 0.389. The first kappa shape index (κ1) is 17.7.